The SMILES string of the molecule is CC(C)NC(=O)N1CCC(F)(F)[C@@]2(CCN(c3ncccn3)C2)C1. The van der Waals surface area contributed by atoms with Gasteiger partial charge in [0, 0.05) is 51.0 Å². The number of aromatic nitrogens is 2. The number of nitrogens with one attached hydrogen (secondary N) is 1. The number of carbonyl (C=O) groups excluding carboxylic acids is 1. The first kappa shape index (κ1) is 16.9. The summed E-state index contributed by atoms with van der Waals surface area (Å²) >= 11 is 0. The van der Waals surface area contributed by atoms with E-state index in [0.717, 1.165) is 0 Å². The van der Waals surface area contributed by atoms with Gasteiger partial charge in [-0.1, -0.05) is 0 Å². The first-order valence-electron chi connectivity index (χ1n) is 8.28. The summed E-state index contributed by atoms with van der Waals surface area (Å²) in [7, 11) is 0. The van der Waals surface area contributed by atoms with Gasteiger partial charge in [-0.2, -0.15) is 0 Å². The zero-order valence-electron chi connectivity index (χ0n) is 14.0. The molecule has 3 heterocycles. The Labute approximate surface area is 140 Å². The molecule has 2 saturated heterocycles. The Bertz CT molecular complexity index is 597. The number of urea groups is 1. The number of halogens is 2. The number of piperidine rings is 1. The molecule has 0 bridgehead atoms. The number of anilines is 1. The van der Waals surface area contributed by atoms with Gasteiger partial charge in [-0.15, -0.1) is 0 Å². The number of nitrogens with zero attached hydrogens (tertiary/aromatic N) is 4. The second kappa shape index (κ2) is 6.14. The summed E-state index contributed by atoms with van der Waals surface area (Å²) in [6, 6.07) is 1.41. The van der Waals surface area contributed by atoms with Crippen LogP contribution >= 0.6 is 0 Å². The van der Waals surface area contributed by atoms with Gasteiger partial charge in [-0.05, 0) is 26.3 Å². The fraction of sp³-hybridized carbons (Fsp3) is 0.688. The molecule has 2 amide bonds. The lowest BCUT2D eigenvalue weighted by Crippen LogP contribution is -2.60. The zero-order chi connectivity index (χ0) is 17.4. The molecule has 1 aromatic rings. The molecule has 0 radical (unpaired) electrons. The minimum absolute atomic E-state index is 0.0197. The van der Waals surface area contributed by atoms with E-state index in [0.29, 0.717) is 18.9 Å². The number of rotatable bonds is 2. The van der Waals surface area contributed by atoms with Crippen LogP contribution in [-0.4, -0.2) is 59.0 Å². The third kappa shape index (κ3) is 3.01. The topological polar surface area (TPSA) is 61.4 Å². The fourth-order valence-corrected chi connectivity index (χ4v) is 3.54. The molecule has 8 heteroatoms. The van der Waals surface area contributed by atoms with Crippen LogP contribution in [-0.2, 0) is 0 Å². The number of hydrogen-bond donors (Lipinski definition) is 1. The monoisotopic (exact) mass is 339 g/mol. The molecule has 0 saturated carbocycles. The van der Waals surface area contributed by atoms with Gasteiger partial charge in [0.15, 0.2) is 0 Å². The third-order valence-corrected chi connectivity index (χ3v) is 4.85. The van der Waals surface area contributed by atoms with Gasteiger partial charge in [-0.3, -0.25) is 0 Å². The van der Waals surface area contributed by atoms with Crippen molar-refractivity contribution >= 4 is 12.0 Å². The molecule has 0 aromatic carbocycles. The summed E-state index contributed by atoms with van der Waals surface area (Å²) in [6.45, 7) is 4.48. The number of amides is 2. The Kier molecular flexibility index (Phi) is 4.31. The summed E-state index contributed by atoms with van der Waals surface area (Å²) < 4.78 is 29.5. The molecular weight excluding hydrogens is 316 g/mol. The molecular formula is C16H23F2N5O. The summed E-state index contributed by atoms with van der Waals surface area (Å²) in [5.74, 6) is -2.33. The largest absolute Gasteiger partial charge is 0.340 e. The van der Waals surface area contributed by atoms with Crippen LogP contribution in [0.2, 0.25) is 0 Å². The molecule has 0 aliphatic carbocycles. The Balaban J connectivity index is 1.78. The van der Waals surface area contributed by atoms with Gasteiger partial charge >= 0.3 is 6.03 Å². The van der Waals surface area contributed by atoms with Gasteiger partial charge in [0.05, 0.1) is 5.41 Å². The number of alkyl halides is 2. The van der Waals surface area contributed by atoms with Crippen LogP contribution < -0.4 is 10.2 Å². The molecule has 132 valence electrons. The third-order valence-electron chi connectivity index (χ3n) is 4.85. The van der Waals surface area contributed by atoms with Crippen LogP contribution in [0.4, 0.5) is 19.5 Å². The van der Waals surface area contributed by atoms with E-state index in [9.17, 15) is 13.6 Å². The van der Waals surface area contributed by atoms with Crippen molar-refractivity contribution in [3.05, 3.63) is 18.5 Å². The van der Waals surface area contributed by atoms with Crippen molar-refractivity contribution in [3.63, 3.8) is 0 Å². The molecule has 24 heavy (non-hydrogen) atoms. The fourth-order valence-electron chi connectivity index (χ4n) is 3.54. The molecule has 0 unspecified atom stereocenters. The minimum atomic E-state index is -2.80. The predicted molar refractivity (Wildman–Crippen MR) is 86.1 cm³/mol. The summed E-state index contributed by atoms with van der Waals surface area (Å²) in [4.78, 5) is 23.9. The molecule has 1 atom stereocenters. The van der Waals surface area contributed by atoms with Gasteiger partial charge in [0.2, 0.25) is 5.95 Å². The standard InChI is InChI=1S/C16H23F2N5O/c1-12(2)21-14(24)23-9-5-16(17,18)15(11-23)4-8-22(10-15)13-19-6-3-7-20-13/h3,6-7,12H,4-5,8-11H2,1-2H3,(H,21,24)/t15-/m1/s1. The van der Waals surface area contributed by atoms with E-state index in [1.165, 1.54) is 4.90 Å². The summed E-state index contributed by atoms with van der Waals surface area (Å²) in [5, 5.41) is 2.79. The van der Waals surface area contributed by atoms with Crippen molar-refractivity contribution in [1.29, 1.82) is 0 Å². The highest BCUT2D eigenvalue weighted by Crippen LogP contribution is 2.49. The predicted octanol–water partition coefficient (Wildman–Crippen LogP) is 2.13. The van der Waals surface area contributed by atoms with Gasteiger partial charge < -0.3 is 15.1 Å². The lowest BCUT2D eigenvalue weighted by Gasteiger charge is -2.45. The van der Waals surface area contributed by atoms with Gasteiger partial charge in [0.1, 0.15) is 0 Å². The second-order valence-electron chi connectivity index (χ2n) is 6.98. The zero-order valence-corrected chi connectivity index (χ0v) is 14.0. The average molecular weight is 339 g/mol. The molecule has 2 fully saturated rings. The molecule has 6 nitrogen and oxygen atoms in total. The highest BCUT2D eigenvalue weighted by Gasteiger charge is 2.60. The molecule has 1 N–H and O–H groups in total. The van der Waals surface area contributed by atoms with E-state index < -0.39 is 11.3 Å². The van der Waals surface area contributed by atoms with Crippen molar-refractivity contribution < 1.29 is 13.6 Å². The van der Waals surface area contributed by atoms with Crippen LogP contribution in [0.5, 0.6) is 0 Å². The maximum absolute atomic E-state index is 14.7. The Morgan fingerprint density at radius 3 is 2.58 bits per heavy atom. The van der Waals surface area contributed by atoms with Crippen molar-refractivity contribution in [2.75, 3.05) is 31.1 Å². The first-order chi connectivity index (χ1) is 11.3. The van der Waals surface area contributed by atoms with E-state index in [1.54, 1.807) is 23.4 Å². The minimum Gasteiger partial charge on any atom is -0.340 e. The second-order valence-corrected chi connectivity index (χ2v) is 6.98. The van der Waals surface area contributed by atoms with Crippen molar-refractivity contribution in [2.24, 2.45) is 5.41 Å². The average Bonchev–Trinajstić information content (AvgIpc) is 2.96. The lowest BCUT2D eigenvalue weighted by molar-refractivity contribution is -0.149. The van der Waals surface area contributed by atoms with E-state index in [-0.39, 0.29) is 38.1 Å². The quantitative estimate of drug-likeness (QED) is 0.897. The summed E-state index contributed by atoms with van der Waals surface area (Å²) in [6.07, 6.45) is 3.23. The molecule has 1 aromatic heterocycles. The molecule has 1 spiro atoms. The van der Waals surface area contributed by atoms with Crippen molar-refractivity contribution in [2.45, 2.75) is 38.7 Å². The maximum Gasteiger partial charge on any atom is 0.317 e. The summed E-state index contributed by atoms with van der Waals surface area (Å²) in [5.41, 5.74) is -1.24. The number of carbonyl (C=O) groups is 1. The van der Waals surface area contributed by atoms with Crippen LogP contribution in [0, 0.1) is 5.41 Å². The Morgan fingerprint density at radius 1 is 1.21 bits per heavy atom. The molecule has 2 aliphatic rings. The van der Waals surface area contributed by atoms with E-state index >= 15 is 0 Å². The maximum atomic E-state index is 14.7. The van der Waals surface area contributed by atoms with E-state index in [4.69, 9.17) is 0 Å². The van der Waals surface area contributed by atoms with E-state index in [1.807, 2.05) is 13.8 Å². The molecule has 3 rings (SSSR count). The highest BCUT2D eigenvalue weighted by molar-refractivity contribution is 5.74. The number of hydrogen-bond acceptors (Lipinski definition) is 4. The smallest absolute Gasteiger partial charge is 0.317 e. The van der Waals surface area contributed by atoms with Crippen LogP contribution in [0.1, 0.15) is 26.7 Å². The van der Waals surface area contributed by atoms with Crippen LogP contribution in [0.25, 0.3) is 0 Å². The van der Waals surface area contributed by atoms with Crippen LogP contribution in [0.3, 0.4) is 0 Å². The lowest BCUT2D eigenvalue weighted by atomic mass is 9.75. The Morgan fingerprint density at radius 2 is 1.92 bits per heavy atom. The normalized spacial score (nSPS) is 26.2. The first-order valence-corrected chi connectivity index (χ1v) is 8.28. The van der Waals surface area contributed by atoms with Gasteiger partial charge in [-0.25, -0.2) is 23.5 Å². The highest BCUT2D eigenvalue weighted by atomic mass is 19.3. The van der Waals surface area contributed by atoms with Crippen molar-refractivity contribution in [3.8, 4) is 0 Å². The van der Waals surface area contributed by atoms with Gasteiger partial charge in [0.25, 0.3) is 5.92 Å². The molecule has 2 aliphatic heterocycles. The number of likely N-dealkylation sites (tertiary alicyclic amines) is 1. The van der Waals surface area contributed by atoms with Crippen molar-refractivity contribution in [1.82, 2.24) is 20.2 Å². The van der Waals surface area contributed by atoms with Crippen LogP contribution in [0.15, 0.2) is 18.5 Å². The van der Waals surface area contributed by atoms with E-state index in [2.05, 4.69) is 15.3 Å². The Hall–Kier alpha value is -1.99.